The molecule has 1 aliphatic rings. The summed E-state index contributed by atoms with van der Waals surface area (Å²) in [5, 5.41) is 0. The summed E-state index contributed by atoms with van der Waals surface area (Å²) in [6, 6.07) is 6.08. The van der Waals surface area contributed by atoms with Gasteiger partial charge in [-0.05, 0) is 36.5 Å². The van der Waals surface area contributed by atoms with Gasteiger partial charge in [0.25, 0.3) is 0 Å². The molecule has 1 fully saturated rings. The molecule has 2 N–H and O–H groups in total. The minimum Gasteiger partial charge on any atom is -0.493 e. The molecule has 1 unspecified atom stereocenters. The molecule has 0 radical (unpaired) electrons. The van der Waals surface area contributed by atoms with Gasteiger partial charge in [-0.25, -0.2) is 0 Å². The van der Waals surface area contributed by atoms with Crippen LogP contribution in [0.5, 0.6) is 11.5 Å². The molecule has 0 amide bonds. The van der Waals surface area contributed by atoms with Crippen LogP contribution in [-0.4, -0.2) is 14.2 Å². The van der Waals surface area contributed by atoms with E-state index in [0.717, 1.165) is 17.1 Å². The molecule has 0 heterocycles. The fourth-order valence-electron chi connectivity index (χ4n) is 2.13. The van der Waals surface area contributed by atoms with Gasteiger partial charge in [0.1, 0.15) is 0 Å². The van der Waals surface area contributed by atoms with E-state index in [2.05, 4.69) is 0 Å². The zero-order valence-electron chi connectivity index (χ0n) is 9.90. The summed E-state index contributed by atoms with van der Waals surface area (Å²) in [6.45, 7) is 0. The third-order valence-corrected chi connectivity index (χ3v) is 3.45. The number of nitrogens with two attached hydrogens (primary N) is 1. The number of benzene rings is 1. The summed E-state index contributed by atoms with van der Waals surface area (Å²) in [7, 11) is 3.29. The van der Waals surface area contributed by atoms with Crippen LogP contribution >= 0.6 is 0 Å². The molecule has 88 valence electrons. The molecule has 3 nitrogen and oxygen atoms in total. The number of hydrogen-bond acceptors (Lipinski definition) is 3. The monoisotopic (exact) mass is 221 g/mol. The molecule has 0 aliphatic heterocycles. The molecule has 1 aromatic rings. The molecule has 0 bridgehead atoms. The lowest BCUT2D eigenvalue weighted by molar-refractivity contribution is 0.263. The van der Waals surface area contributed by atoms with Gasteiger partial charge in [-0.1, -0.05) is 12.5 Å². The largest absolute Gasteiger partial charge is 0.493 e. The van der Waals surface area contributed by atoms with Crippen LogP contribution in [0.2, 0.25) is 0 Å². The highest BCUT2D eigenvalue weighted by Gasteiger charge is 2.26. The summed E-state index contributed by atoms with van der Waals surface area (Å²) >= 11 is 0. The molecule has 1 atom stereocenters. The Bertz CT molecular complexity index is 361. The number of methoxy groups -OCH3 is 2. The van der Waals surface area contributed by atoms with Crippen molar-refractivity contribution >= 4 is 0 Å². The first-order valence-corrected chi connectivity index (χ1v) is 5.73. The van der Waals surface area contributed by atoms with Gasteiger partial charge in [0.15, 0.2) is 11.5 Å². The maximum absolute atomic E-state index is 6.22. The van der Waals surface area contributed by atoms with Crippen LogP contribution in [0.4, 0.5) is 0 Å². The molecule has 16 heavy (non-hydrogen) atoms. The van der Waals surface area contributed by atoms with Crippen molar-refractivity contribution in [2.24, 2.45) is 11.7 Å². The average Bonchev–Trinajstić information content (AvgIpc) is 2.25. The van der Waals surface area contributed by atoms with E-state index in [1.807, 2.05) is 18.2 Å². The van der Waals surface area contributed by atoms with E-state index in [1.54, 1.807) is 14.2 Å². The van der Waals surface area contributed by atoms with Crippen molar-refractivity contribution in [3.8, 4) is 11.5 Å². The van der Waals surface area contributed by atoms with Crippen molar-refractivity contribution in [2.75, 3.05) is 14.2 Å². The van der Waals surface area contributed by atoms with Crippen molar-refractivity contribution in [1.29, 1.82) is 0 Å². The fourth-order valence-corrected chi connectivity index (χ4v) is 2.13. The lowest BCUT2D eigenvalue weighted by Gasteiger charge is -2.31. The van der Waals surface area contributed by atoms with Gasteiger partial charge in [-0.3, -0.25) is 0 Å². The average molecular weight is 221 g/mol. The molecule has 1 aromatic carbocycles. The zero-order valence-corrected chi connectivity index (χ0v) is 9.90. The zero-order chi connectivity index (χ0) is 11.5. The van der Waals surface area contributed by atoms with E-state index in [1.165, 1.54) is 19.3 Å². The van der Waals surface area contributed by atoms with Crippen LogP contribution < -0.4 is 15.2 Å². The highest BCUT2D eigenvalue weighted by atomic mass is 16.5. The van der Waals surface area contributed by atoms with Crippen LogP contribution in [0.1, 0.15) is 30.9 Å². The topological polar surface area (TPSA) is 44.5 Å². The Morgan fingerprint density at radius 2 is 1.88 bits per heavy atom. The lowest BCUT2D eigenvalue weighted by Crippen LogP contribution is -2.26. The Labute approximate surface area is 96.5 Å². The van der Waals surface area contributed by atoms with E-state index < -0.39 is 0 Å². The Kier molecular flexibility index (Phi) is 3.34. The third kappa shape index (κ3) is 2.00. The van der Waals surface area contributed by atoms with Gasteiger partial charge >= 0.3 is 0 Å². The number of rotatable bonds is 4. The highest BCUT2D eigenvalue weighted by molar-refractivity contribution is 5.43. The van der Waals surface area contributed by atoms with Gasteiger partial charge in [0, 0.05) is 6.04 Å². The van der Waals surface area contributed by atoms with Crippen LogP contribution in [0.25, 0.3) is 0 Å². The summed E-state index contributed by atoms with van der Waals surface area (Å²) in [5.74, 6) is 2.15. The smallest absolute Gasteiger partial charge is 0.161 e. The Morgan fingerprint density at radius 3 is 2.38 bits per heavy atom. The lowest BCUT2D eigenvalue weighted by atomic mass is 9.77. The fraction of sp³-hybridized carbons (Fsp3) is 0.538. The van der Waals surface area contributed by atoms with Gasteiger partial charge in [0.2, 0.25) is 0 Å². The van der Waals surface area contributed by atoms with Gasteiger partial charge in [-0.15, -0.1) is 0 Å². The molecule has 1 saturated carbocycles. The van der Waals surface area contributed by atoms with Gasteiger partial charge < -0.3 is 15.2 Å². The maximum Gasteiger partial charge on any atom is 0.161 e. The van der Waals surface area contributed by atoms with E-state index in [0.29, 0.717) is 5.92 Å². The molecule has 0 saturated heterocycles. The predicted molar refractivity (Wildman–Crippen MR) is 63.8 cm³/mol. The molecule has 2 rings (SSSR count). The van der Waals surface area contributed by atoms with Crippen LogP contribution in [-0.2, 0) is 0 Å². The quantitative estimate of drug-likeness (QED) is 0.849. The minimum atomic E-state index is 0.133. The van der Waals surface area contributed by atoms with Crippen LogP contribution in [0.3, 0.4) is 0 Å². The van der Waals surface area contributed by atoms with E-state index in [4.69, 9.17) is 15.2 Å². The summed E-state index contributed by atoms with van der Waals surface area (Å²) in [4.78, 5) is 0. The Hall–Kier alpha value is -1.22. The van der Waals surface area contributed by atoms with Gasteiger partial charge in [0.05, 0.1) is 14.2 Å². The van der Waals surface area contributed by atoms with E-state index in [9.17, 15) is 0 Å². The van der Waals surface area contributed by atoms with Crippen LogP contribution in [0, 0.1) is 5.92 Å². The van der Waals surface area contributed by atoms with E-state index >= 15 is 0 Å². The van der Waals surface area contributed by atoms with Crippen molar-refractivity contribution in [3.63, 3.8) is 0 Å². The molecule has 0 spiro atoms. The van der Waals surface area contributed by atoms with Crippen LogP contribution in [0.15, 0.2) is 18.2 Å². The van der Waals surface area contributed by atoms with Crippen molar-refractivity contribution < 1.29 is 9.47 Å². The molecule has 3 heteroatoms. The van der Waals surface area contributed by atoms with Crippen molar-refractivity contribution in [2.45, 2.75) is 25.3 Å². The standard InChI is InChI=1S/C13H19NO2/c1-15-11-7-6-10(8-12(11)16-2)13(14)9-4-3-5-9/h6-9,13H,3-5,14H2,1-2H3. The number of hydrogen-bond donors (Lipinski definition) is 1. The second-order valence-electron chi connectivity index (χ2n) is 4.33. The maximum atomic E-state index is 6.22. The van der Waals surface area contributed by atoms with Gasteiger partial charge in [-0.2, -0.15) is 0 Å². The number of ether oxygens (including phenoxy) is 2. The minimum absolute atomic E-state index is 0.133. The van der Waals surface area contributed by atoms with Crippen molar-refractivity contribution in [1.82, 2.24) is 0 Å². The second-order valence-corrected chi connectivity index (χ2v) is 4.33. The first kappa shape index (κ1) is 11.3. The summed E-state index contributed by atoms with van der Waals surface area (Å²) in [5.41, 5.74) is 7.36. The first-order chi connectivity index (χ1) is 7.76. The summed E-state index contributed by atoms with van der Waals surface area (Å²) < 4.78 is 10.5. The van der Waals surface area contributed by atoms with Crippen molar-refractivity contribution in [3.05, 3.63) is 23.8 Å². The predicted octanol–water partition coefficient (Wildman–Crippen LogP) is 2.50. The normalized spacial score (nSPS) is 17.7. The molecule has 1 aliphatic carbocycles. The molecular weight excluding hydrogens is 202 g/mol. The third-order valence-electron chi connectivity index (χ3n) is 3.45. The second kappa shape index (κ2) is 4.74. The first-order valence-electron chi connectivity index (χ1n) is 5.73. The molecule has 0 aromatic heterocycles. The van der Waals surface area contributed by atoms with E-state index in [-0.39, 0.29) is 6.04 Å². The Morgan fingerprint density at radius 1 is 1.19 bits per heavy atom. The highest BCUT2D eigenvalue weighted by Crippen LogP contribution is 2.38. The summed E-state index contributed by atoms with van der Waals surface area (Å²) in [6.07, 6.45) is 3.80. The molecular formula is C13H19NO2. The Balaban J connectivity index is 2.20. The SMILES string of the molecule is COc1ccc(C(N)C2CCC2)cc1OC.